The first-order chi connectivity index (χ1) is 14.0. The molecule has 0 bridgehead atoms. The van der Waals surface area contributed by atoms with Crippen LogP contribution in [0, 0.1) is 20.8 Å². The molecule has 0 aliphatic rings. The van der Waals surface area contributed by atoms with Crippen molar-refractivity contribution in [2.45, 2.75) is 35.8 Å². The zero-order valence-corrected chi connectivity index (χ0v) is 19.9. The zero-order chi connectivity index (χ0) is 22.1. The van der Waals surface area contributed by atoms with Crippen LogP contribution in [0.2, 0.25) is 5.02 Å². The largest absolute Gasteiger partial charge is 0.241 e. The molecule has 1 heterocycles. The molecule has 1 N–H and O–H groups in total. The molecule has 0 radical (unpaired) electrons. The van der Waals surface area contributed by atoms with Crippen molar-refractivity contribution in [3.63, 3.8) is 0 Å². The van der Waals surface area contributed by atoms with Gasteiger partial charge in [-0.05, 0) is 67.6 Å². The van der Waals surface area contributed by atoms with Gasteiger partial charge in [-0.15, -0.1) is 11.3 Å². The second-order valence-electron chi connectivity index (χ2n) is 7.08. The van der Waals surface area contributed by atoms with Crippen molar-refractivity contribution in [2.24, 2.45) is 0 Å². The molecule has 0 saturated heterocycles. The van der Waals surface area contributed by atoms with E-state index in [1.807, 2.05) is 6.92 Å². The van der Waals surface area contributed by atoms with E-state index < -0.39 is 25.1 Å². The summed E-state index contributed by atoms with van der Waals surface area (Å²) in [4.78, 5) is 0.833. The van der Waals surface area contributed by atoms with Crippen LogP contribution in [0.5, 0.6) is 0 Å². The second-order valence-corrected chi connectivity index (χ2v) is 12.3. The van der Waals surface area contributed by atoms with E-state index >= 15 is 0 Å². The van der Waals surface area contributed by atoms with E-state index in [9.17, 15) is 16.8 Å². The van der Waals surface area contributed by atoms with Gasteiger partial charge in [0.2, 0.25) is 10.0 Å². The SMILES string of the molecule is Cc1cc(C)c(S(=O)(=O)NC[C@H](c2cccs2)S(=O)(=O)c2ccc(Cl)cc2)c(C)c1. The van der Waals surface area contributed by atoms with Gasteiger partial charge in [0.05, 0.1) is 9.79 Å². The van der Waals surface area contributed by atoms with Crippen LogP contribution in [0.25, 0.3) is 0 Å². The Labute approximate surface area is 186 Å². The maximum Gasteiger partial charge on any atom is 0.241 e. The van der Waals surface area contributed by atoms with Gasteiger partial charge in [-0.25, -0.2) is 21.6 Å². The van der Waals surface area contributed by atoms with Crippen molar-refractivity contribution in [1.82, 2.24) is 4.72 Å². The summed E-state index contributed by atoms with van der Waals surface area (Å²) in [6.07, 6.45) is 0. The van der Waals surface area contributed by atoms with Crippen molar-refractivity contribution >= 4 is 42.8 Å². The van der Waals surface area contributed by atoms with Crippen molar-refractivity contribution in [3.05, 3.63) is 80.5 Å². The molecule has 0 fully saturated rings. The van der Waals surface area contributed by atoms with Gasteiger partial charge in [0.25, 0.3) is 0 Å². The highest BCUT2D eigenvalue weighted by Gasteiger charge is 2.32. The smallest absolute Gasteiger partial charge is 0.223 e. The average Bonchev–Trinajstić information content (AvgIpc) is 3.15. The van der Waals surface area contributed by atoms with Crippen LogP contribution in [-0.2, 0) is 19.9 Å². The fourth-order valence-electron chi connectivity index (χ4n) is 3.47. The molecule has 0 aliphatic heterocycles. The first-order valence-electron chi connectivity index (χ1n) is 9.13. The van der Waals surface area contributed by atoms with Gasteiger partial charge >= 0.3 is 0 Å². The Morgan fingerprint density at radius 3 is 2.10 bits per heavy atom. The summed E-state index contributed by atoms with van der Waals surface area (Å²) >= 11 is 7.16. The number of nitrogens with one attached hydrogen (secondary N) is 1. The third-order valence-corrected chi connectivity index (χ3v) is 9.92. The Morgan fingerprint density at radius 1 is 0.967 bits per heavy atom. The van der Waals surface area contributed by atoms with E-state index in [0.717, 1.165) is 5.56 Å². The van der Waals surface area contributed by atoms with E-state index in [2.05, 4.69) is 4.72 Å². The highest BCUT2D eigenvalue weighted by molar-refractivity contribution is 7.92. The fraction of sp³-hybridized carbons (Fsp3) is 0.238. The number of hydrogen-bond acceptors (Lipinski definition) is 5. The van der Waals surface area contributed by atoms with Crippen LogP contribution in [0.1, 0.15) is 26.8 Å². The number of thiophene rings is 1. The van der Waals surface area contributed by atoms with Gasteiger partial charge in [0, 0.05) is 16.4 Å². The highest BCUT2D eigenvalue weighted by atomic mass is 35.5. The molecule has 1 aromatic heterocycles. The number of sulfonamides is 1. The third-order valence-electron chi connectivity index (χ3n) is 4.71. The number of aryl methyl sites for hydroxylation is 3. The summed E-state index contributed by atoms with van der Waals surface area (Å²) in [6, 6.07) is 12.9. The van der Waals surface area contributed by atoms with Crippen molar-refractivity contribution in [1.29, 1.82) is 0 Å². The number of benzene rings is 2. The molecule has 160 valence electrons. The molecule has 9 heteroatoms. The molecule has 2 aromatic carbocycles. The van der Waals surface area contributed by atoms with E-state index in [4.69, 9.17) is 11.6 Å². The predicted molar refractivity (Wildman–Crippen MR) is 122 cm³/mol. The molecular formula is C21H22ClNO4S3. The normalized spacial score (nSPS) is 13.3. The zero-order valence-electron chi connectivity index (χ0n) is 16.7. The lowest BCUT2D eigenvalue weighted by Gasteiger charge is -2.19. The molecule has 0 amide bonds. The predicted octanol–water partition coefficient (Wildman–Crippen LogP) is 4.82. The standard InChI is InChI=1S/C21H22ClNO4S3/c1-14-11-15(2)21(16(3)12-14)30(26,27)23-13-20(19-5-4-10-28-19)29(24,25)18-8-6-17(22)7-9-18/h4-12,20,23H,13H2,1-3H3/t20-/m1/s1. The third kappa shape index (κ3) is 4.78. The molecule has 0 unspecified atom stereocenters. The summed E-state index contributed by atoms with van der Waals surface area (Å²) < 4.78 is 55.2. The van der Waals surface area contributed by atoms with Crippen molar-refractivity contribution in [3.8, 4) is 0 Å². The fourth-order valence-corrected chi connectivity index (χ4v) is 7.99. The minimum absolute atomic E-state index is 0.0900. The number of halogens is 1. The van der Waals surface area contributed by atoms with E-state index in [0.29, 0.717) is 21.0 Å². The van der Waals surface area contributed by atoms with Crippen LogP contribution in [0.3, 0.4) is 0 Å². The lowest BCUT2D eigenvalue weighted by atomic mass is 10.1. The van der Waals surface area contributed by atoms with Gasteiger partial charge in [-0.3, -0.25) is 0 Å². The Hall–Kier alpha value is -1.71. The van der Waals surface area contributed by atoms with Crippen LogP contribution in [0.4, 0.5) is 0 Å². The minimum Gasteiger partial charge on any atom is -0.223 e. The quantitative estimate of drug-likeness (QED) is 0.522. The van der Waals surface area contributed by atoms with Gasteiger partial charge in [0.1, 0.15) is 5.25 Å². The average molecular weight is 484 g/mol. The molecule has 1 atom stereocenters. The summed E-state index contributed by atoms with van der Waals surface area (Å²) in [5.41, 5.74) is 2.20. The summed E-state index contributed by atoms with van der Waals surface area (Å²) in [7, 11) is -7.75. The van der Waals surface area contributed by atoms with Crippen LogP contribution in [0.15, 0.2) is 63.7 Å². The van der Waals surface area contributed by atoms with Gasteiger partial charge in [0.15, 0.2) is 9.84 Å². The van der Waals surface area contributed by atoms with Crippen molar-refractivity contribution in [2.75, 3.05) is 6.54 Å². The summed E-state index contributed by atoms with van der Waals surface area (Å²) in [6.45, 7) is 5.08. The van der Waals surface area contributed by atoms with Crippen LogP contribution >= 0.6 is 22.9 Å². The highest BCUT2D eigenvalue weighted by Crippen LogP contribution is 2.32. The van der Waals surface area contributed by atoms with Gasteiger partial charge in [-0.1, -0.05) is 35.4 Å². The Kier molecular flexibility index (Phi) is 6.74. The molecule has 0 saturated carbocycles. The maximum atomic E-state index is 13.3. The van der Waals surface area contributed by atoms with Crippen molar-refractivity contribution < 1.29 is 16.8 Å². The van der Waals surface area contributed by atoms with Crippen LogP contribution in [-0.4, -0.2) is 23.4 Å². The van der Waals surface area contributed by atoms with E-state index in [1.165, 1.54) is 35.6 Å². The first-order valence-corrected chi connectivity index (χ1v) is 13.4. The second kappa shape index (κ2) is 8.80. The molecule has 3 aromatic rings. The lowest BCUT2D eigenvalue weighted by molar-refractivity contribution is 0.569. The molecule has 0 aliphatic carbocycles. The number of hydrogen-bond donors (Lipinski definition) is 1. The molecular weight excluding hydrogens is 462 g/mol. The van der Waals surface area contributed by atoms with E-state index in [1.54, 1.807) is 43.5 Å². The number of sulfone groups is 1. The van der Waals surface area contributed by atoms with Gasteiger partial charge in [-0.2, -0.15) is 0 Å². The maximum absolute atomic E-state index is 13.3. The van der Waals surface area contributed by atoms with Gasteiger partial charge < -0.3 is 0 Å². The first kappa shape index (κ1) is 23.0. The lowest BCUT2D eigenvalue weighted by Crippen LogP contribution is -2.32. The molecule has 5 nitrogen and oxygen atoms in total. The summed E-state index contributed by atoms with van der Waals surface area (Å²) in [5, 5.41) is 1.13. The monoisotopic (exact) mass is 483 g/mol. The van der Waals surface area contributed by atoms with Crippen LogP contribution < -0.4 is 4.72 Å². The molecule has 3 rings (SSSR count). The Morgan fingerprint density at radius 2 is 1.57 bits per heavy atom. The number of rotatable bonds is 7. The Bertz CT molecular complexity index is 1230. The Balaban J connectivity index is 1.97. The van der Waals surface area contributed by atoms with E-state index in [-0.39, 0.29) is 16.3 Å². The molecule has 30 heavy (non-hydrogen) atoms. The minimum atomic E-state index is -3.90. The topological polar surface area (TPSA) is 80.3 Å². The molecule has 0 spiro atoms. The summed E-state index contributed by atoms with van der Waals surface area (Å²) in [5.74, 6) is 0.